The normalized spacial score (nSPS) is 15.9. The number of hydrogen-bond donors (Lipinski definition) is 1. The first-order valence-electron chi connectivity index (χ1n) is 6.55. The zero-order valence-corrected chi connectivity index (χ0v) is 11.8. The molecule has 0 radical (unpaired) electrons. The van der Waals surface area contributed by atoms with E-state index in [-0.39, 0.29) is 12.2 Å². The Kier molecular flexibility index (Phi) is 4.94. The number of hydrogen-bond acceptors (Lipinski definition) is 5. The summed E-state index contributed by atoms with van der Waals surface area (Å²) in [7, 11) is 1.51. The number of non-ortho nitro benzene ring substituents is 1. The second-order valence-electron chi connectivity index (χ2n) is 4.53. The summed E-state index contributed by atoms with van der Waals surface area (Å²) in [6, 6.07) is 4.42. The van der Waals surface area contributed by atoms with Crippen molar-refractivity contribution in [2.75, 3.05) is 33.4 Å². The lowest BCUT2D eigenvalue weighted by atomic mass is 10.2. The molecule has 114 valence electrons. The van der Waals surface area contributed by atoms with Crippen LogP contribution in [0.5, 0.6) is 5.75 Å². The molecule has 1 aliphatic heterocycles. The van der Waals surface area contributed by atoms with Gasteiger partial charge >= 0.3 is 0 Å². The monoisotopic (exact) mass is 294 g/mol. The van der Waals surface area contributed by atoms with Crippen LogP contribution in [0.3, 0.4) is 0 Å². The molecule has 0 spiro atoms. The van der Waals surface area contributed by atoms with E-state index < -0.39 is 4.92 Å². The molecule has 8 heteroatoms. The van der Waals surface area contributed by atoms with Gasteiger partial charge in [0.15, 0.2) is 5.96 Å². The van der Waals surface area contributed by atoms with Crippen LogP contribution in [-0.4, -0.2) is 49.2 Å². The molecule has 0 amide bonds. The Morgan fingerprint density at radius 1 is 1.52 bits per heavy atom. The fraction of sp³-hybridized carbons (Fsp3) is 0.462. The molecule has 2 rings (SSSR count). The van der Waals surface area contributed by atoms with Gasteiger partial charge in [-0.2, -0.15) is 0 Å². The van der Waals surface area contributed by atoms with E-state index in [1.807, 2.05) is 4.90 Å². The summed E-state index contributed by atoms with van der Waals surface area (Å²) in [5.41, 5.74) is 6.56. The third kappa shape index (κ3) is 3.82. The van der Waals surface area contributed by atoms with Gasteiger partial charge in [0.2, 0.25) is 0 Å². The standard InChI is InChI=1S/C13H18N4O4/c1-20-12-3-2-11(17(18)19)8-10(12)9-15-13(14)16-4-6-21-7-5-16/h2-3,8H,4-7,9H2,1H3,(H2,14,15). The molecule has 1 aliphatic rings. The summed E-state index contributed by atoms with van der Waals surface area (Å²) in [5.74, 6) is 0.964. The van der Waals surface area contributed by atoms with E-state index in [0.29, 0.717) is 43.6 Å². The lowest BCUT2D eigenvalue weighted by Gasteiger charge is -2.27. The van der Waals surface area contributed by atoms with Crippen molar-refractivity contribution in [2.45, 2.75) is 6.54 Å². The van der Waals surface area contributed by atoms with Gasteiger partial charge in [-0.1, -0.05) is 0 Å². The van der Waals surface area contributed by atoms with Gasteiger partial charge in [0.25, 0.3) is 5.69 Å². The minimum atomic E-state index is -0.446. The minimum Gasteiger partial charge on any atom is -0.496 e. The highest BCUT2D eigenvalue weighted by molar-refractivity contribution is 5.78. The van der Waals surface area contributed by atoms with E-state index in [1.165, 1.54) is 19.2 Å². The summed E-state index contributed by atoms with van der Waals surface area (Å²) in [5, 5.41) is 10.8. The second-order valence-corrected chi connectivity index (χ2v) is 4.53. The molecule has 0 aliphatic carbocycles. The quantitative estimate of drug-likeness (QED) is 0.380. The lowest BCUT2D eigenvalue weighted by Crippen LogP contribution is -2.44. The first kappa shape index (κ1) is 15.0. The molecule has 0 atom stereocenters. The first-order valence-corrected chi connectivity index (χ1v) is 6.55. The topological polar surface area (TPSA) is 103 Å². The van der Waals surface area contributed by atoms with E-state index in [2.05, 4.69) is 4.99 Å². The van der Waals surface area contributed by atoms with Crippen molar-refractivity contribution in [3.05, 3.63) is 33.9 Å². The zero-order valence-electron chi connectivity index (χ0n) is 11.8. The number of benzene rings is 1. The predicted octanol–water partition coefficient (Wildman–Crippen LogP) is 0.750. The molecule has 1 heterocycles. The van der Waals surface area contributed by atoms with Crippen LogP contribution in [-0.2, 0) is 11.3 Å². The van der Waals surface area contributed by atoms with E-state index in [0.717, 1.165) is 0 Å². The smallest absolute Gasteiger partial charge is 0.270 e. The number of methoxy groups -OCH3 is 1. The average Bonchev–Trinajstić information content (AvgIpc) is 2.53. The Labute approximate surface area is 122 Å². The molecular weight excluding hydrogens is 276 g/mol. The molecular formula is C13H18N4O4. The zero-order chi connectivity index (χ0) is 15.2. The maximum Gasteiger partial charge on any atom is 0.270 e. The number of nitro benzene ring substituents is 1. The maximum absolute atomic E-state index is 10.8. The minimum absolute atomic E-state index is 0.00550. The van der Waals surface area contributed by atoms with E-state index in [9.17, 15) is 10.1 Å². The lowest BCUT2D eigenvalue weighted by molar-refractivity contribution is -0.384. The van der Waals surface area contributed by atoms with Crippen LogP contribution in [0, 0.1) is 10.1 Å². The highest BCUT2D eigenvalue weighted by atomic mass is 16.6. The van der Waals surface area contributed by atoms with Crippen LogP contribution >= 0.6 is 0 Å². The molecule has 2 N–H and O–H groups in total. The van der Waals surface area contributed by atoms with Gasteiger partial charge in [-0.25, -0.2) is 4.99 Å². The number of rotatable bonds is 4. The van der Waals surface area contributed by atoms with Crippen LogP contribution in [0.1, 0.15) is 5.56 Å². The average molecular weight is 294 g/mol. The van der Waals surface area contributed by atoms with Gasteiger partial charge in [0.1, 0.15) is 5.75 Å². The molecule has 0 aromatic heterocycles. The predicted molar refractivity (Wildman–Crippen MR) is 77.4 cm³/mol. The fourth-order valence-electron chi connectivity index (χ4n) is 2.06. The number of nitrogens with zero attached hydrogens (tertiary/aromatic N) is 3. The van der Waals surface area contributed by atoms with Crippen LogP contribution in [0.15, 0.2) is 23.2 Å². The SMILES string of the molecule is COc1ccc([N+](=O)[O-])cc1CN=C(N)N1CCOCC1. The Balaban J connectivity index is 2.13. The van der Waals surface area contributed by atoms with Crippen molar-refractivity contribution in [3.63, 3.8) is 0 Å². The summed E-state index contributed by atoms with van der Waals surface area (Å²) < 4.78 is 10.4. The van der Waals surface area contributed by atoms with E-state index in [4.69, 9.17) is 15.2 Å². The van der Waals surface area contributed by atoms with Crippen molar-refractivity contribution < 1.29 is 14.4 Å². The highest BCUT2D eigenvalue weighted by Crippen LogP contribution is 2.24. The second kappa shape index (κ2) is 6.89. The molecule has 1 saturated heterocycles. The van der Waals surface area contributed by atoms with Gasteiger partial charge in [0, 0.05) is 30.8 Å². The number of ether oxygens (including phenoxy) is 2. The third-order valence-electron chi connectivity index (χ3n) is 3.22. The summed E-state index contributed by atoms with van der Waals surface area (Å²) in [6.07, 6.45) is 0. The molecule has 8 nitrogen and oxygen atoms in total. The fourth-order valence-corrected chi connectivity index (χ4v) is 2.06. The Morgan fingerprint density at radius 3 is 2.86 bits per heavy atom. The van der Waals surface area contributed by atoms with Crippen molar-refractivity contribution in [3.8, 4) is 5.75 Å². The van der Waals surface area contributed by atoms with Crippen LogP contribution in [0.4, 0.5) is 5.69 Å². The van der Waals surface area contributed by atoms with Gasteiger partial charge in [-0.05, 0) is 6.07 Å². The molecule has 1 aromatic carbocycles. The Hall–Kier alpha value is -2.35. The Morgan fingerprint density at radius 2 is 2.24 bits per heavy atom. The van der Waals surface area contributed by atoms with E-state index in [1.54, 1.807) is 6.07 Å². The Bertz CT molecular complexity index is 541. The molecule has 0 unspecified atom stereocenters. The summed E-state index contributed by atoms with van der Waals surface area (Å²) >= 11 is 0. The largest absolute Gasteiger partial charge is 0.496 e. The number of guanidine groups is 1. The summed E-state index contributed by atoms with van der Waals surface area (Å²) in [4.78, 5) is 16.6. The van der Waals surface area contributed by atoms with Crippen LogP contribution in [0.25, 0.3) is 0 Å². The molecule has 0 saturated carbocycles. The van der Waals surface area contributed by atoms with Gasteiger partial charge in [-0.15, -0.1) is 0 Å². The van der Waals surface area contributed by atoms with Crippen molar-refractivity contribution >= 4 is 11.6 Å². The van der Waals surface area contributed by atoms with E-state index >= 15 is 0 Å². The first-order chi connectivity index (χ1) is 10.1. The third-order valence-corrected chi connectivity index (χ3v) is 3.22. The number of nitrogens with two attached hydrogens (primary N) is 1. The van der Waals surface area contributed by atoms with Gasteiger partial charge in [-0.3, -0.25) is 10.1 Å². The molecule has 21 heavy (non-hydrogen) atoms. The van der Waals surface area contributed by atoms with Crippen molar-refractivity contribution in [1.82, 2.24) is 4.90 Å². The number of nitro groups is 1. The highest BCUT2D eigenvalue weighted by Gasteiger charge is 2.14. The molecule has 1 aromatic rings. The number of morpholine rings is 1. The molecule has 0 bridgehead atoms. The van der Waals surface area contributed by atoms with Crippen molar-refractivity contribution in [2.24, 2.45) is 10.7 Å². The maximum atomic E-state index is 10.8. The number of aliphatic imine (C=N–C) groups is 1. The van der Waals surface area contributed by atoms with Gasteiger partial charge in [0.05, 0.1) is 31.8 Å². The van der Waals surface area contributed by atoms with Crippen LogP contribution < -0.4 is 10.5 Å². The van der Waals surface area contributed by atoms with Gasteiger partial charge < -0.3 is 20.1 Å². The summed E-state index contributed by atoms with van der Waals surface area (Å²) in [6.45, 7) is 2.86. The van der Waals surface area contributed by atoms with Crippen LogP contribution in [0.2, 0.25) is 0 Å². The molecule has 1 fully saturated rings. The van der Waals surface area contributed by atoms with Crippen molar-refractivity contribution in [1.29, 1.82) is 0 Å².